The number of carbonyl (C=O) groups is 1. The van der Waals surface area contributed by atoms with Crippen molar-refractivity contribution in [3.8, 4) is 0 Å². The van der Waals surface area contributed by atoms with E-state index in [1.807, 2.05) is 25.1 Å². The van der Waals surface area contributed by atoms with Gasteiger partial charge in [0.25, 0.3) is 5.91 Å². The van der Waals surface area contributed by atoms with Crippen LogP contribution in [0.25, 0.3) is 0 Å². The van der Waals surface area contributed by atoms with Crippen LogP contribution in [0.15, 0.2) is 30.3 Å². The minimum atomic E-state index is 0.0251. The van der Waals surface area contributed by atoms with Gasteiger partial charge in [-0.05, 0) is 31.7 Å². The molecule has 0 radical (unpaired) electrons. The first-order valence-electron chi connectivity index (χ1n) is 7.49. The van der Waals surface area contributed by atoms with E-state index < -0.39 is 0 Å². The fraction of sp³-hybridized carbons (Fsp3) is 0.412. The van der Waals surface area contributed by atoms with Gasteiger partial charge in [-0.3, -0.25) is 4.79 Å². The van der Waals surface area contributed by atoms with Crippen molar-refractivity contribution in [1.82, 2.24) is 10.3 Å². The highest BCUT2D eigenvalue weighted by atomic mass is 32.1. The molecule has 112 valence electrons. The maximum Gasteiger partial charge on any atom is 0.263 e. The summed E-state index contributed by atoms with van der Waals surface area (Å²) in [6.07, 6.45) is 3.83. The van der Waals surface area contributed by atoms with Crippen molar-refractivity contribution in [3.63, 3.8) is 0 Å². The molecule has 0 saturated heterocycles. The lowest BCUT2D eigenvalue weighted by atomic mass is 10.1. The first-order chi connectivity index (χ1) is 10.2. The molecule has 1 heterocycles. The number of thiazole rings is 1. The lowest BCUT2D eigenvalue weighted by Crippen LogP contribution is -2.25. The van der Waals surface area contributed by atoms with E-state index in [1.54, 1.807) is 0 Å². The van der Waals surface area contributed by atoms with Crippen molar-refractivity contribution in [2.75, 3.05) is 6.54 Å². The maximum atomic E-state index is 12.2. The second-order valence-corrected chi connectivity index (χ2v) is 6.31. The summed E-state index contributed by atoms with van der Waals surface area (Å²) in [5, 5.41) is 3.98. The summed E-state index contributed by atoms with van der Waals surface area (Å²) in [6, 6.07) is 10.4. The summed E-state index contributed by atoms with van der Waals surface area (Å²) >= 11 is 1.49. The van der Waals surface area contributed by atoms with Crippen molar-refractivity contribution in [3.05, 3.63) is 51.5 Å². The number of nitrogens with zero attached hydrogens (tertiary/aromatic N) is 1. The minimum absolute atomic E-state index is 0.0251. The van der Waals surface area contributed by atoms with Gasteiger partial charge in [-0.15, -0.1) is 11.3 Å². The highest BCUT2D eigenvalue weighted by Gasteiger charge is 2.15. The Morgan fingerprint density at radius 2 is 2.00 bits per heavy atom. The number of rotatable bonds is 7. The Hall–Kier alpha value is -1.68. The fourth-order valence-corrected chi connectivity index (χ4v) is 3.15. The largest absolute Gasteiger partial charge is 0.351 e. The van der Waals surface area contributed by atoms with Gasteiger partial charge in [-0.2, -0.15) is 0 Å². The predicted molar refractivity (Wildman–Crippen MR) is 87.9 cm³/mol. The van der Waals surface area contributed by atoms with Crippen LogP contribution in [0, 0.1) is 6.92 Å². The molecular formula is C17H22N2OS. The molecule has 0 aliphatic heterocycles. The van der Waals surface area contributed by atoms with Crippen LogP contribution in [-0.4, -0.2) is 17.4 Å². The van der Waals surface area contributed by atoms with Gasteiger partial charge in [0.15, 0.2) is 0 Å². The molecule has 3 nitrogen and oxygen atoms in total. The SMILES string of the molecule is CCCc1nc(C)sc1C(=O)NCCCc1ccccc1. The molecule has 2 aromatic rings. The number of amides is 1. The van der Waals surface area contributed by atoms with Crippen LogP contribution in [-0.2, 0) is 12.8 Å². The normalized spacial score (nSPS) is 10.6. The van der Waals surface area contributed by atoms with Gasteiger partial charge >= 0.3 is 0 Å². The van der Waals surface area contributed by atoms with Crippen LogP contribution in [0.2, 0.25) is 0 Å². The average Bonchev–Trinajstić information content (AvgIpc) is 2.86. The van der Waals surface area contributed by atoms with Crippen molar-refractivity contribution in [2.24, 2.45) is 0 Å². The average molecular weight is 302 g/mol. The van der Waals surface area contributed by atoms with Gasteiger partial charge in [-0.25, -0.2) is 4.98 Å². The van der Waals surface area contributed by atoms with E-state index in [-0.39, 0.29) is 5.91 Å². The zero-order valence-electron chi connectivity index (χ0n) is 12.7. The molecule has 0 saturated carbocycles. The summed E-state index contributed by atoms with van der Waals surface area (Å²) in [5.41, 5.74) is 2.26. The van der Waals surface area contributed by atoms with E-state index in [2.05, 4.69) is 29.4 Å². The standard InChI is InChI=1S/C17H22N2OS/c1-3-8-15-16(21-13(2)19-15)17(20)18-12-7-11-14-9-5-4-6-10-14/h4-6,9-10H,3,7-8,11-12H2,1-2H3,(H,18,20). The number of hydrogen-bond donors (Lipinski definition) is 1. The van der Waals surface area contributed by atoms with Gasteiger partial charge in [-0.1, -0.05) is 43.7 Å². The zero-order valence-corrected chi connectivity index (χ0v) is 13.5. The lowest BCUT2D eigenvalue weighted by Gasteiger charge is -2.05. The summed E-state index contributed by atoms with van der Waals surface area (Å²) in [5.74, 6) is 0.0251. The number of nitrogens with one attached hydrogen (secondary N) is 1. The van der Waals surface area contributed by atoms with Crippen LogP contribution in [0.4, 0.5) is 0 Å². The van der Waals surface area contributed by atoms with E-state index in [0.717, 1.165) is 41.3 Å². The Kier molecular flexibility index (Phi) is 5.93. The molecule has 1 aromatic heterocycles. The number of carbonyl (C=O) groups excluding carboxylic acids is 1. The fourth-order valence-electron chi connectivity index (χ4n) is 2.27. The van der Waals surface area contributed by atoms with Crippen molar-refractivity contribution < 1.29 is 4.79 Å². The first-order valence-corrected chi connectivity index (χ1v) is 8.30. The number of aryl methyl sites for hydroxylation is 3. The third-order valence-corrected chi connectivity index (χ3v) is 4.28. The molecule has 1 N–H and O–H groups in total. The minimum Gasteiger partial charge on any atom is -0.351 e. The van der Waals surface area contributed by atoms with E-state index in [1.165, 1.54) is 16.9 Å². The molecule has 0 spiro atoms. The molecule has 2 rings (SSSR count). The Morgan fingerprint density at radius 1 is 1.24 bits per heavy atom. The molecule has 21 heavy (non-hydrogen) atoms. The van der Waals surface area contributed by atoms with Gasteiger partial charge < -0.3 is 5.32 Å². The smallest absolute Gasteiger partial charge is 0.263 e. The molecule has 0 fully saturated rings. The molecule has 0 aliphatic carbocycles. The molecular weight excluding hydrogens is 280 g/mol. The van der Waals surface area contributed by atoms with E-state index in [0.29, 0.717) is 6.54 Å². The van der Waals surface area contributed by atoms with E-state index >= 15 is 0 Å². The Morgan fingerprint density at radius 3 is 2.71 bits per heavy atom. The van der Waals surface area contributed by atoms with Gasteiger partial charge in [0, 0.05) is 6.54 Å². The Bertz CT molecular complexity index is 578. The van der Waals surface area contributed by atoms with Crippen molar-refractivity contribution in [2.45, 2.75) is 39.5 Å². The summed E-state index contributed by atoms with van der Waals surface area (Å²) in [7, 11) is 0. The van der Waals surface area contributed by atoms with Crippen LogP contribution >= 0.6 is 11.3 Å². The van der Waals surface area contributed by atoms with Gasteiger partial charge in [0.05, 0.1) is 10.7 Å². The zero-order chi connectivity index (χ0) is 15.1. The van der Waals surface area contributed by atoms with E-state index in [9.17, 15) is 4.79 Å². The Balaban J connectivity index is 1.82. The number of hydrogen-bond acceptors (Lipinski definition) is 3. The highest BCUT2D eigenvalue weighted by Crippen LogP contribution is 2.19. The molecule has 0 bridgehead atoms. The Labute approximate surface area is 130 Å². The second kappa shape index (κ2) is 7.93. The number of benzene rings is 1. The molecule has 0 unspecified atom stereocenters. The third-order valence-electron chi connectivity index (χ3n) is 3.27. The topological polar surface area (TPSA) is 42.0 Å². The van der Waals surface area contributed by atoms with Crippen LogP contribution in [0.1, 0.15) is 45.7 Å². The summed E-state index contributed by atoms with van der Waals surface area (Å²) < 4.78 is 0. The van der Waals surface area contributed by atoms with Crippen molar-refractivity contribution >= 4 is 17.2 Å². The van der Waals surface area contributed by atoms with Gasteiger partial charge in [0.1, 0.15) is 4.88 Å². The quantitative estimate of drug-likeness (QED) is 0.791. The first kappa shape index (κ1) is 15.7. The summed E-state index contributed by atoms with van der Waals surface area (Å²) in [4.78, 5) is 17.5. The monoisotopic (exact) mass is 302 g/mol. The highest BCUT2D eigenvalue weighted by molar-refractivity contribution is 7.13. The predicted octanol–water partition coefficient (Wildman–Crippen LogP) is 3.77. The number of aromatic nitrogens is 1. The second-order valence-electron chi connectivity index (χ2n) is 5.10. The van der Waals surface area contributed by atoms with Crippen LogP contribution in [0.5, 0.6) is 0 Å². The third kappa shape index (κ3) is 4.67. The molecule has 1 amide bonds. The van der Waals surface area contributed by atoms with E-state index in [4.69, 9.17) is 0 Å². The molecule has 0 atom stereocenters. The molecule has 4 heteroatoms. The summed E-state index contributed by atoms with van der Waals surface area (Å²) in [6.45, 7) is 4.77. The molecule has 1 aromatic carbocycles. The van der Waals surface area contributed by atoms with Gasteiger partial charge in [0.2, 0.25) is 0 Å². The lowest BCUT2D eigenvalue weighted by molar-refractivity contribution is 0.0956. The maximum absolute atomic E-state index is 12.2. The molecule has 0 aliphatic rings. The van der Waals surface area contributed by atoms with Crippen LogP contribution < -0.4 is 5.32 Å². The van der Waals surface area contributed by atoms with Crippen LogP contribution in [0.3, 0.4) is 0 Å². The van der Waals surface area contributed by atoms with Crippen molar-refractivity contribution in [1.29, 1.82) is 0 Å².